The molecule has 0 radical (unpaired) electrons. The molecule has 1 aromatic heterocycles. The zero-order valence-electron chi connectivity index (χ0n) is 17.7. The summed E-state index contributed by atoms with van der Waals surface area (Å²) in [5.41, 5.74) is 2.58. The first kappa shape index (κ1) is 22.0. The van der Waals surface area contributed by atoms with Crippen LogP contribution in [-0.2, 0) is 26.2 Å². The third-order valence-corrected chi connectivity index (χ3v) is 6.20. The Morgan fingerprint density at radius 3 is 2.58 bits per heavy atom. The van der Waals surface area contributed by atoms with E-state index in [1.54, 1.807) is 36.7 Å². The van der Waals surface area contributed by atoms with Gasteiger partial charge in [-0.3, -0.25) is 19.4 Å². The van der Waals surface area contributed by atoms with Crippen molar-refractivity contribution >= 4 is 24.0 Å². The third kappa shape index (κ3) is 3.91. The molecule has 0 aliphatic carbocycles. The Bertz CT molecular complexity index is 1170. The predicted molar refractivity (Wildman–Crippen MR) is 121 cm³/mol. The molecule has 1 saturated heterocycles. The van der Waals surface area contributed by atoms with Crippen molar-refractivity contribution in [2.75, 3.05) is 11.9 Å². The second-order valence-electron chi connectivity index (χ2n) is 7.95. The molecule has 2 aromatic carbocycles. The van der Waals surface area contributed by atoms with E-state index in [4.69, 9.17) is 9.90 Å². The number of hydrogen-bond donors (Lipinski definition) is 3. The first-order valence-corrected chi connectivity index (χ1v) is 10.5. The number of carbonyl (C=O) groups excluding carboxylic acids is 2. The molecule has 0 bridgehead atoms. The highest BCUT2D eigenvalue weighted by atomic mass is 16.3. The minimum Gasteiger partial charge on any atom is -0.508 e. The fourth-order valence-corrected chi connectivity index (χ4v) is 4.85. The number of nitrogens with zero attached hydrogens (tertiary/aromatic N) is 2. The molecular formula is C25H23N3O5. The van der Waals surface area contributed by atoms with E-state index in [2.05, 4.69) is 10.3 Å². The van der Waals surface area contributed by atoms with Crippen molar-refractivity contribution in [2.24, 2.45) is 0 Å². The van der Waals surface area contributed by atoms with E-state index >= 15 is 0 Å². The third-order valence-electron chi connectivity index (χ3n) is 6.20. The lowest BCUT2D eigenvalue weighted by Crippen LogP contribution is -2.43. The number of rotatable bonds is 3. The van der Waals surface area contributed by atoms with Crippen LogP contribution < -0.4 is 5.32 Å². The molecule has 168 valence electrons. The van der Waals surface area contributed by atoms with E-state index in [9.17, 15) is 14.7 Å². The average molecular weight is 445 g/mol. The maximum atomic E-state index is 13.4. The van der Waals surface area contributed by atoms with Gasteiger partial charge in [-0.15, -0.1) is 0 Å². The van der Waals surface area contributed by atoms with Crippen LogP contribution in [0.25, 0.3) is 0 Å². The van der Waals surface area contributed by atoms with Crippen LogP contribution in [0, 0.1) is 0 Å². The first-order valence-electron chi connectivity index (χ1n) is 10.5. The maximum Gasteiger partial charge on any atom is 0.290 e. The molecule has 5 rings (SSSR count). The summed E-state index contributed by atoms with van der Waals surface area (Å²) < 4.78 is 0. The molecule has 2 atom stereocenters. The zero-order valence-corrected chi connectivity index (χ0v) is 17.7. The van der Waals surface area contributed by atoms with Crippen molar-refractivity contribution in [1.29, 1.82) is 0 Å². The van der Waals surface area contributed by atoms with Crippen LogP contribution in [0.3, 0.4) is 0 Å². The molecule has 1 fully saturated rings. The Balaban J connectivity index is 0.000000821. The van der Waals surface area contributed by atoms with Crippen molar-refractivity contribution in [3.63, 3.8) is 0 Å². The largest absolute Gasteiger partial charge is 0.508 e. The Labute approximate surface area is 190 Å². The Morgan fingerprint density at radius 2 is 1.88 bits per heavy atom. The predicted octanol–water partition coefficient (Wildman–Crippen LogP) is 2.89. The van der Waals surface area contributed by atoms with Crippen molar-refractivity contribution in [3.05, 3.63) is 89.7 Å². The van der Waals surface area contributed by atoms with Crippen LogP contribution in [0.1, 0.15) is 29.2 Å². The SMILES string of the molecule is O=C(Cc1ccc(O)cc1)N1CCC2(C(=O)Nc3ccccc32)C1c1cccnc1.O=CO. The maximum absolute atomic E-state index is 13.4. The van der Waals surface area contributed by atoms with Gasteiger partial charge in [-0.05, 0) is 47.4 Å². The fraction of sp³-hybridized carbons (Fsp3) is 0.200. The lowest BCUT2D eigenvalue weighted by Gasteiger charge is -2.34. The molecule has 33 heavy (non-hydrogen) atoms. The number of aromatic hydroxyl groups is 1. The van der Waals surface area contributed by atoms with Crippen molar-refractivity contribution < 1.29 is 24.6 Å². The molecule has 2 aliphatic heterocycles. The molecular weight excluding hydrogens is 422 g/mol. The van der Waals surface area contributed by atoms with E-state index in [1.165, 1.54) is 0 Å². The molecule has 3 aromatic rings. The number of phenols is 1. The quantitative estimate of drug-likeness (QED) is 0.533. The second kappa shape index (κ2) is 9.12. The van der Waals surface area contributed by atoms with Crippen molar-refractivity contribution in [3.8, 4) is 5.75 Å². The summed E-state index contributed by atoms with van der Waals surface area (Å²) in [6.45, 7) is 0.234. The van der Waals surface area contributed by atoms with E-state index in [-0.39, 0.29) is 30.5 Å². The van der Waals surface area contributed by atoms with Gasteiger partial charge in [-0.2, -0.15) is 0 Å². The number of benzene rings is 2. The van der Waals surface area contributed by atoms with Gasteiger partial charge < -0.3 is 20.4 Å². The van der Waals surface area contributed by atoms with Crippen LogP contribution in [0.5, 0.6) is 5.75 Å². The van der Waals surface area contributed by atoms with Gasteiger partial charge in [0.2, 0.25) is 11.8 Å². The number of likely N-dealkylation sites (tertiary alicyclic amines) is 1. The lowest BCUT2D eigenvalue weighted by molar-refractivity contribution is -0.133. The highest BCUT2D eigenvalue weighted by molar-refractivity contribution is 6.07. The van der Waals surface area contributed by atoms with Crippen LogP contribution >= 0.6 is 0 Å². The zero-order chi connectivity index (χ0) is 23.4. The molecule has 2 unspecified atom stereocenters. The van der Waals surface area contributed by atoms with Gasteiger partial charge in [-0.25, -0.2) is 0 Å². The number of aromatic nitrogens is 1. The van der Waals surface area contributed by atoms with Crippen LogP contribution in [0.4, 0.5) is 5.69 Å². The molecule has 3 N–H and O–H groups in total. The highest BCUT2D eigenvalue weighted by Gasteiger charge is 2.59. The molecule has 1 spiro atoms. The van der Waals surface area contributed by atoms with Crippen LogP contribution in [0.2, 0.25) is 0 Å². The van der Waals surface area contributed by atoms with Crippen LogP contribution in [-0.4, -0.2) is 44.9 Å². The number of phenolic OH excluding ortho intramolecular Hbond substituents is 1. The summed E-state index contributed by atoms with van der Waals surface area (Å²) in [6, 6.07) is 17.7. The van der Waals surface area contributed by atoms with Gasteiger partial charge in [0.1, 0.15) is 11.2 Å². The minimum absolute atomic E-state index is 0.0522. The topological polar surface area (TPSA) is 120 Å². The number of para-hydroxylation sites is 1. The number of carbonyl (C=O) groups is 3. The van der Waals surface area contributed by atoms with E-state index in [0.29, 0.717) is 13.0 Å². The Kier molecular flexibility index (Phi) is 6.08. The number of anilines is 1. The van der Waals surface area contributed by atoms with Gasteiger partial charge >= 0.3 is 0 Å². The standard InChI is InChI=1S/C24H21N3O3.CH2O2/c28-18-9-7-16(8-10-18)14-21(29)27-13-11-24(22(27)17-4-3-12-25-15-17)19-5-1-2-6-20(19)26-23(24)30;2-1-3/h1-10,12,15,22,28H,11,13-14H2,(H,26,30);1H,(H,2,3). The number of amides is 2. The van der Waals surface area contributed by atoms with E-state index < -0.39 is 11.5 Å². The van der Waals surface area contributed by atoms with Crippen molar-refractivity contribution in [1.82, 2.24) is 9.88 Å². The number of carboxylic acid groups (broad SMARTS) is 1. The van der Waals surface area contributed by atoms with Gasteiger partial charge in [-0.1, -0.05) is 36.4 Å². The number of fused-ring (bicyclic) bond motifs is 2. The monoisotopic (exact) mass is 445 g/mol. The summed E-state index contributed by atoms with van der Waals surface area (Å²) in [5.74, 6) is 0.0416. The summed E-state index contributed by atoms with van der Waals surface area (Å²) in [7, 11) is 0. The van der Waals surface area contributed by atoms with Gasteiger partial charge in [0.25, 0.3) is 6.47 Å². The normalized spacial score (nSPS) is 20.5. The number of hydrogen-bond acceptors (Lipinski definition) is 5. The molecule has 3 heterocycles. The van der Waals surface area contributed by atoms with Crippen LogP contribution in [0.15, 0.2) is 73.1 Å². The summed E-state index contributed by atoms with van der Waals surface area (Å²) in [6.07, 6.45) is 4.19. The number of nitrogens with one attached hydrogen (secondary N) is 1. The van der Waals surface area contributed by atoms with Crippen molar-refractivity contribution in [2.45, 2.75) is 24.3 Å². The summed E-state index contributed by atoms with van der Waals surface area (Å²) in [4.78, 5) is 41.1. The van der Waals surface area contributed by atoms with Gasteiger partial charge in [0.15, 0.2) is 0 Å². The molecule has 0 saturated carbocycles. The van der Waals surface area contributed by atoms with E-state index in [1.807, 2.05) is 41.3 Å². The van der Waals surface area contributed by atoms with E-state index in [0.717, 1.165) is 22.4 Å². The van der Waals surface area contributed by atoms with Gasteiger partial charge in [0, 0.05) is 24.6 Å². The Morgan fingerprint density at radius 1 is 1.15 bits per heavy atom. The molecule has 8 heteroatoms. The lowest BCUT2D eigenvalue weighted by atomic mass is 9.73. The first-order chi connectivity index (χ1) is 16.0. The summed E-state index contributed by atoms with van der Waals surface area (Å²) >= 11 is 0. The molecule has 2 amide bonds. The highest BCUT2D eigenvalue weighted by Crippen LogP contribution is 2.54. The average Bonchev–Trinajstić information content (AvgIpc) is 3.36. The van der Waals surface area contributed by atoms with Gasteiger partial charge in [0.05, 0.1) is 12.5 Å². The summed E-state index contributed by atoms with van der Waals surface area (Å²) in [5, 5.41) is 19.4. The molecule has 8 nitrogen and oxygen atoms in total. The molecule has 2 aliphatic rings. The smallest absolute Gasteiger partial charge is 0.290 e. The number of pyridine rings is 1. The Hall–Kier alpha value is -4.20. The fourth-order valence-electron chi connectivity index (χ4n) is 4.85. The second-order valence-corrected chi connectivity index (χ2v) is 7.95. The minimum atomic E-state index is -0.829.